The molecule has 19 heavy (non-hydrogen) atoms. The van der Waals surface area contributed by atoms with Crippen LogP contribution >= 0.6 is 0 Å². The van der Waals surface area contributed by atoms with E-state index in [2.05, 4.69) is 18.6 Å². The average molecular weight is 273 g/mol. The van der Waals surface area contributed by atoms with Gasteiger partial charge in [0.15, 0.2) is 0 Å². The van der Waals surface area contributed by atoms with Crippen molar-refractivity contribution in [3.8, 4) is 5.75 Å². The second-order valence-electron chi connectivity index (χ2n) is 5.37. The first-order valence-electron chi connectivity index (χ1n) is 6.37. The molecule has 2 rings (SSSR count). The van der Waals surface area contributed by atoms with Gasteiger partial charge in [-0.1, -0.05) is 26.0 Å². The molecule has 2 N–H and O–H groups in total. The van der Waals surface area contributed by atoms with Gasteiger partial charge in [-0.2, -0.15) is 0 Å². The van der Waals surface area contributed by atoms with Crippen molar-refractivity contribution in [1.29, 1.82) is 0 Å². The Labute approximate surface area is 110 Å². The van der Waals surface area contributed by atoms with E-state index in [0.717, 1.165) is 18.4 Å². The van der Waals surface area contributed by atoms with Gasteiger partial charge in [-0.3, -0.25) is 0 Å². The molecule has 2 nitrogen and oxygen atoms in total. The molecule has 1 aliphatic rings. The Hall–Kier alpha value is -1.23. The third-order valence-electron chi connectivity index (χ3n) is 4.39. The Kier molecular flexibility index (Phi) is 3.51. The summed E-state index contributed by atoms with van der Waals surface area (Å²) < 4.78 is 40.6. The van der Waals surface area contributed by atoms with E-state index in [-0.39, 0.29) is 23.1 Å². The molecule has 106 valence electrons. The highest BCUT2D eigenvalue weighted by atomic mass is 19.4. The number of hydrogen-bond donors (Lipinski definition) is 1. The Balaban J connectivity index is 2.21. The second kappa shape index (κ2) is 4.71. The highest BCUT2D eigenvalue weighted by Gasteiger charge is 2.48. The molecule has 0 aliphatic heterocycles. The van der Waals surface area contributed by atoms with Crippen LogP contribution in [0.4, 0.5) is 13.2 Å². The van der Waals surface area contributed by atoms with E-state index in [0.29, 0.717) is 0 Å². The van der Waals surface area contributed by atoms with Gasteiger partial charge in [0.05, 0.1) is 0 Å². The highest BCUT2D eigenvalue weighted by Crippen LogP contribution is 2.54. The summed E-state index contributed by atoms with van der Waals surface area (Å²) in [7, 11) is 0. The summed E-state index contributed by atoms with van der Waals surface area (Å²) in [6.45, 7) is 4.14. The third-order valence-corrected chi connectivity index (χ3v) is 4.39. The molecule has 3 unspecified atom stereocenters. The number of benzene rings is 1. The van der Waals surface area contributed by atoms with Crippen LogP contribution in [0.25, 0.3) is 0 Å². The fourth-order valence-electron chi connectivity index (χ4n) is 2.84. The second-order valence-corrected chi connectivity index (χ2v) is 5.37. The number of alkyl halides is 3. The van der Waals surface area contributed by atoms with Crippen molar-refractivity contribution in [1.82, 2.24) is 0 Å². The van der Waals surface area contributed by atoms with Gasteiger partial charge in [0.25, 0.3) is 0 Å². The van der Waals surface area contributed by atoms with Crippen LogP contribution in [0.15, 0.2) is 24.3 Å². The minimum atomic E-state index is -4.65. The summed E-state index contributed by atoms with van der Waals surface area (Å²) in [5.74, 6) is 0.0354. The molecule has 0 saturated heterocycles. The largest absolute Gasteiger partial charge is 0.573 e. The summed E-state index contributed by atoms with van der Waals surface area (Å²) in [6, 6.07) is 6.33. The van der Waals surface area contributed by atoms with Crippen LogP contribution in [0, 0.1) is 5.41 Å². The lowest BCUT2D eigenvalue weighted by Crippen LogP contribution is -2.54. The molecule has 5 heteroatoms. The van der Waals surface area contributed by atoms with Crippen molar-refractivity contribution in [3.63, 3.8) is 0 Å². The van der Waals surface area contributed by atoms with Crippen molar-refractivity contribution < 1.29 is 17.9 Å². The molecule has 0 heterocycles. The van der Waals surface area contributed by atoms with Crippen LogP contribution in [0.3, 0.4) is 0 Å². The molecule has 0 spiro atoms. The smallest absolute Gasteiger partial charge is 0.406 e. The lowest BCUT2D eigenvalue weighted by atomic mass is 9.54. The summed E-state index contributed by atoms with van der Waals surface area (Å²) in [6.07, 6.45) is -2.94. The van der Waals surface area contributed by atoms with Gasteiger partial charge in [-0.05, 0) is 41.9 Å². The lowest BCUT2D eigenvalue weighted by molar-refractivity contribution is -0.274. The minimum Gasteiger partial charge on any atom is -0.406 e. The monoisotopic (exact) mass is 273 g/mol. The van der Waals surface area contributed by atoms with Gasteiger partial charge in [-0.15, -0.1) is 13.2 Å². The van der Waals surface area contributed by atoms with Crippen molar-refractivity contribution in [2.75, 3.05) is 0 Å². The first-order valence-corrected chi connectivity index (χ1v) is 6.37. The van der Waals surface area contributed by atoms with Gasteiger partial charge >= 0.3 is 6.36 Å². The van der Waals surface area contributed by atoms with Crippen LogP contribution in [0.5, 0.6) is 5.75 Å². The molecular formula is C14H18F3NO. The van der Waals surface area contributed by atoms with Crippen LogP contribution in [-0.4, -0.2) is 12.4 Å². The fourth-order valence-corrected chi connectivity index (χ4v) is 2.84. The summed E-state index contributed by atoms with van der Waals surface area (Å²) >= 11 is 0. The molecular weight excluding hydrogens is 255 g/mol. The standard InChI is InChI=1S/C14H18F3NO/c1-3-13(2)11(8-12(13)18)9-5-4-6-10(7-9)19-14(15,16)17/h4-7,11-12H,3,8,18H2,1-2H3. The van der Waals surface area contributed by atoms with E-state index in [1.807, 2.05) is 6.07 Å². The molecule has 1 aliphatic carbocycles. The Morgan fingerprint density at radius 1 is 1.42 bits per heavy atom. The van der Waals surface area contributed by atoms with Crippen molar-refractivity contribution >= 4 is 0 Å². The van der Waals surface area contributed by atoms with Crippen LogP contribution in [0.1, 0.15) is 38.2 Å². The first kappa shape index (κ1) is 14.2. The number of rotatable bonds is 3. The van der Waals surface area contributed by atoms with E-state index in [1.54, 1.807) is 6.07 Å². The Morgan fingerprint density at radius 3 is 2.63 bits per heavy atom. The van der Waals surface area contributed by atoms with Gasteiger partial charge in [-0.25, -0.2) is 0 Å². The molecule has 3 atom stereocenters. The molecule has 0 amide bonds. The average Bonchev–Trinajstić information content (AvgIpc) is 2.33. The maximum atomic E-state index is 12.2. The minimum absolute atomic E-state index is 0.0448. The zero-order valence-electron chi connectivity index (χ0n) is 11.0. The molecule has 0 aromatic heterocycles. The number of ether oxygens (including phenoxy) is 1. The maximum Gasteiger partial charge on any atom is 0.573 e. The number of halogens is 3. The van der Waals surface area contributed by atoms with Crippen molar-refractivity contribution in [3.05, 3.63) is 29.8 Å². The Morgan fingerprint density at radius 2 is 2.11 bits per heavy atom. The van der Waals surface area contributed by atoms with Crippen molar-refractivity contribution in [2.45, 2.75) is 45.0 Å². The Bertz CT molecular complexity index is 460. The van der Waals surface area contributed by atoms with Crippen LogP contribution in [-0.2, 0) is 0 Å². The number of nitrogens with two attached hydrogens (primary N) is 1. The fraction of sp³-hybridized carbons (Fsp3) is 0.571. The zero-order chi connectivity index (χ0) is 14.3. The third kappa shape index (κ3) is 2.71. The molecule has 0 radical (unpaired) electrons. The predicted octanol–water partition coefficient (Wildman–Crippen LogP) is 3.82. The van der Waals surface area contributed by atoms with Gasteiger partial charge in [0.2, 0.25) is 0 Å². The van der Waals surface area contributed by atoms with E-state index >= 15 is 0 Å². The molecule has 1 fully saturated rings. The van der Waals surface area contributed by atoms with E-state index < -0.39 is 6.36 Å². The summed E-state index contributed by atoms with van der Waals surface area (Å²) in [5, 5.41) is 0. The van der Waals surface area contributed by atoms with Crippen LogP contribution in [0.2, 0.25) is 0 Å². The van der Waals surface area contributed by atoms with Gasteiger partial charge in [0.1, 0.15) is 5.75 Å². The number of hydrogen-bond acceptors (Lipinski definition) is 2. The zero-order valence-corrected chi connectivity index (χ0v) is 11.0. The molecule has 1 aromatic carbocycles. The molecule has 0 bridgehead atoms. The SMILES string of the molecule is CCC1(C)C(N)CC1c1cccc(OC(F)(F)F)c1. The predicted molar refractivity (Wildman–Crippen MR) is 66.9 cm³/mol. The van der Waals surface area contributed by atoms with Gasteiger partial charge in [0, 0.05) is 6.04 Å². The first-order chi connectivity index (χ1) is 8.76. The summed E-state index contributed by atoms with van der Waals surface area (Å²) in [5.41, 5.74) is 6.85. The molecule has 1 saturated carbocycles. The van der Waals surface area contributed by atoms with Crippen LogP contribution < -0.4 is 10.5 Å². The summed E-state index contributed by atoms with van der Waals surface area (Å²) in [4.78, 5) is 0. The van der Waals surface area contributed by atoms with Crippen molar-refractivity contribution in [2.24, 2.45) is 11.1 Å². The lowest BCUT2D eigenvalue weighted by Gasteiger charge is -2.53. The van der Waals surface area contributed by atoms with Gasteiger partial charge < -0.3 is 10.5 Å². The van der Waals surface area contributed by atoms with E-state index in [1.165, 1.54) is 12.1 Å². The highest BCUT2D eigenvalue weighted by molar-refractivity contribution is 5.34. The molecule has 1 aromatic rings. The van der Waals surface area contributed by atoms with E-state index in [9.17, 15) is 13.2 Å². The normalized spacial score (nSPS) is 30.8. The van der Waals surface area contributed by atoms with E-state index in [4.69, 9.17) is 5.73 Å². The maximum absolute atomic E-state index is 12.2. The topological polar surface area (TPSA) is 35.2 Å². The quantitative estimate of drug-likeness (QED) is 0.908.